The van der Waals surface area contributed by atoms with E-state index in [-0.39, 0.29) is 40.2 Å². The fourth-order valence-electron chi connectivity index (χ4n) is 2.17. The Morgan fingerprint density at radius 3 is 2.71 bits per heavy atom. The van der Waals surface area contributed by atoms with Crippen LogP contribution in [0, 0.1) is 0 Å². The van der Waals surface area contributed by atoms with Crippen molar-refractivity contribution in [3.05, 3.63) is 41.4 Å². The summed E-state index contributed by atoms with van der Waals surface area (Å²) in [6, 6.07) is 1.80. The first-order chi connectivity index (χ1) is 11.0. The van der Waals surface area contributed by atoms with Crippen molar-refractivity contribution in [3.63, 3.8) is 0 Å². The van der Waals surface area contributed by atoms with Crippen LogP contribution in [0.4, 0.5) is 0 Å². The summed E-state index contributed by atoms with van der Waals surface area (Å²) < 4.78 is 2.76. The minimum atomic E-state index is -1.19. The molecular weight excluding hydrogens is 386 g/mol. The second kappa shape index (κ2) is 7.71. The molecule has 0 unspecified atom stereocenters. The maximum absolute atomic E-state index is 11.3. The zero-order valence-corrected chi connectivity index (χ0v) is 16.0. The van der Waals surface area contributed by atoms with Crippen LogP contribution < -0.4 is 28.3 Å². The third-order valence-electron chi connectivity index (χ3n) is 3.10. The number of fused-ring (bicyclic) bond motifs is 1. The van der Waals surface area contributed by atoms with Crippen LogP contribution in [0.3, 0.4) is 0 Å². The molecule has 117 valence electrons. The standard InChI is InChI=1S/C15H13AsClN4O2.Li/c1-8(2)16-12-3-13(18-5-10(12)15(22)23)11-6-20-21-7-9(17)4-19-14(11)21;/h3-8H,1-2H3,(H,22,23);/q;+1/p-1. The first-order valence-corrected chi connectivity index (χ1v) is 9.27. The molecule has 0 saturated carbocycles. The van der Waals surface area contributed by atoms with Crippen LogP contribution >= 0.6 is 11.6 Å². The van der Waals surface area contributed by atoms with Gasteiger partial charge in [0.25, 0.3) is 0 Å². The van der Waals surface area contributed by atoms with Crippen molar-refractivity contribution in [2.45, 2.75) is 18.6 Å². The quantitative estimate of drug-likeness (QED) is 0.474. The van der Waals surface area contributed by atoms with Crippen molar-refractivity contribution >= 4 is 43.3 Å². The summed E-state index contributed by atoms with van der Waals surface area (Å²) in [5.74, 6) is -1.19. The molecule has 0 spiro atoms. The Bertz CT molecular complexity index is 900. The molecule has 0 fully saturated rings. The topological polar surface area (TPSA) is 83.2 Å². The van der Waals surface area contributed by atoms with Crippen LogP contribution in [0.1, 0.15) is 24.2 Å². The van der Waals surface area contributed by atoms with Crippen molar-refractivity contribution in [1.82, 2.24) is 19.6 Å². The molecule has 0 atom stereocenters. The molecule has 1 radical (unpaired) electrons. The van der Waals surface area contributed by atoms with Crippen molar-refractivity contribution in [1.29, 1.82) is 0 Å². The van der Waals surface area contributed by atoms with Crippen molar-refractivity contribution in [2.75, 3.05) is 0 Å². The molecule has 0 bridgehead atoms. The number of carbonyl (C=O) groups excluding carboxylic acids is 1. The maximum atomic E-state index is 11.3. The zero-order valence-electron chi connectivity index (χ0n) is 13.4. The smallest absolute Gasteiger partial charge is 1.00 e. The summed E-state index contributed by atoms with van der Waals surface area (Å²) in [6.45, 7) is 4.13. The molecule has 9 heteroatoms. The van der Waals surface area contributed by atoms with Gasteiger partial charge in [-0.1, -0.05) is 0 Å². The van der Waals surface area contributed by atoms with Gasteiger partial charge < -0.3 is 0 Å². The Morgan fingerprint density at radius 2 is 2.04 bits per heavy atom. The molecule has 0 aliphatic heterocycles. The maximum Gasteiger partial charge on any atom is 1.00 e. The predicted octanol–water partition coefficient (Wildman–Crippen LogP) is -2.03. The van der Waals surface area contributed by atoms with E-state index >= 15 is 0 Å². The first-order valence-electron chi connectivity index (χ1n) is 6.87. The van der Waals surface area contributed by atoms with Gasteiger partial charge in [0.1, 0.15) is 0 Å². The third kappa shape index (κ3) is 3.84. The summed E-state index contributed by atoms with van der Waals surface area (Å²) >= 11 is 5.60. The number of hydrogen-bond acceptors (Lipinski definition) is 5. The summed E-state index contributed by atoms with van der Waals surface area (Å²) in [5, 5.41) is 16.0. The van der Waals surface area contributed by atoms with E-state index in [4.69, 9.17) is 11.6 Å². The Balaban J connectivity index is 0.00000208. The van der Waals surface area contributed by atoms with Crippen LogP contribution in [-0.2, 0) is 0 Å². The van der Waals surface area contributed by atoms with Gasteiger partial charge in [0.05, 0.1) is 0 Å². The molecule has 0 aliphatic rings. The van der Waals surface area contributed by atoms with Crippen LogP contribution in [-0.4, -0.2) is 41.3 Å². The minimum absolute atomic E-state index is 0. The number of hydrogen-bond donors (Lipinski definition) is 0. The van der Waals surface area contributed by atoms with E-state index in [0.717, 1.165) is 9.91 Å². The molecule has 0 N–H and O–H groups in total. The molecule has 3 rings (SSSR count). The summed E-state index contributed by atoms with van der Waals surface area (Å²) in [7, 11) is 0. The van der Waals surface area contributed by atoms with Crippen LogP contribution in [0.2, 0.25) is 9.73 Å². The summed E-state index contributed by atoms with van der Waals surface area (Å²) in [6.07, 6.45) is 6.20. The molecule has 24 heavy (non-hydrogen) atoms. The first kappa shape index (κ1) is 19.0. The third-order valence-corrected chi connectivity index (χ3v) is 5.74. The number of carboxylic acids is 1. The second-order valence-corrected chi connectivity index (χ2v) is 9.35. The number of aromatic carboxylic acids is 1. The van der Waals surface area contributed by atoms with Gasteiger partial charge in [-0.3, -0.25) is 0 Å². The minimum Gasteiger partial charge on any atom is 1.00 e. The number of pyridine rings is 1. The average molecular weight is 398 g/mol. The summed E-state index contributed by atoms with van der Waals surface area (Å²) in [4.78, 5) is 19.8. The van der Waals surface area contributed by atoms with E-state index in [0.29, 0.717) is 21.1 Å². The van der Waals surface area contributed by atoms with Gasteiger partial charge in [-0.2, -0.15) is 0 Å². The van der Waals surface area contributed by atoms with Gasteiger partial charge in [0, 0.05) is 0 Å². The Kier molecular flexibility index (Phi) is 6.11. The van der Waals surface area contributed by atoms with Gasteiger partial charge >= 0.3 is 163 Å². The Hall–Kier alpha value is -1.31. The van der Waals surface area contributed by atoms with E-state index in [1.807, 2.05) is 0 Å². The van der Waals surface area contributed by atoms with E-state index < -0.39 is 5.97 Å². The number of rotatable bonds is 4. The van der Waals surface area contributed by atoms with Crippen molar-refractivity contribution in [3.8, 4) is 11.3 Å². The second-order valence-electron chi connectivity index (χ2n) is 5.20. The number of aromatic nitrogens is 4. The monoisotopic (exact) mass is 397 g/mol. The fraction of sp³-hybridized carbons (Fsp3) is 0.200. The molecule has 0 aliphatic carbocycles. The molecule has 3 aromatic heterocycles. The molecular formula is C15H12AsClLiN4O2. The normalized spacial score (nSPS) is 11.3. The van der Waals surface area contributed by atoms with E-state index in [2.05, 4.69) is 28.9 Å². The summed E-state index contributed by atoms with van der Waals surface area (Å²) in [5.41, 5.74) is 2.16. The van der Waals surface area contributed by atoms with E-state index in [1.54, 1.807) is 29.2 Å². The SMILES string of the molecule is CC(C)[As]c1cc(-c2cnn3cc(Cl)cnc23)ncc1C(=O)[O-].[Li+]. The molecule has 0 amide bonds. The van der Waals surface area contributed by atoms with Crippen LogP contribution in [0.5, 0.6) is 0 Å². The zero-order chi connectivity index (χ0) is 16.6. The number of halogens is 1. The molecule has 3 heterocycles. The Morgan fingerprint density at radius 1 is 1.29 bits per heavy atom. The largest absolute Gasteiger partial charge is 1.00 e. The number of carboxylic acid groups (broad SMARTS) is 1. The van der Waals surface area contributed by atoms with Gasteiger partial charge in [0.2, 0.25) is 0 Å². The van der Waals surface area contributed by atoms with Crippen LogP contribution in [0.25, 0.3) is 16.9 Å². The van der Waals surface area contributed by atoms with E-state index in [1.165, 1.54) is 6.20 Å². The number of nitrogens with zero attached hydrogens (tertiary/aromatic N) is 4. The van der Waals surface area contributed by atoms with Gasteiger partial charge in [-0.05, 0) is 0 Å². The Labute approximate surface area is 162 Å². The predicted molar refractivity (Wildman–Crippen MR) is 86.0 cm³/mol. The van der Waals surface area contributed by atoms with Gasteiger partial charge in [0.15, 0.2) is 0 Å². The van der Waals surface area contributed by atoms with Crippen LogP contribution in [0.15, 0.2) is 30.9 Å². The molecule has 3 aromatic rings. The average Bonchev–Trinajstić information content (AvgIpc) is 2.89. The number of carbonyl (C=O) groups is 1. The van der Waals surface area contributed by atoms with Gasteiger partial charge in [-0.25, -0.2) is 0 Å². The van der Waals surface area contributed by atoms with Gasteiger partial charge in [-0.15, -0.1) is 0 Å². The van der Waals surface area contributed by atoms with Crippen molar-refractivity contribution < 1.29 is 28.8 Å². The fourth-order valence-corrected chi connectivity index (χ4v) is 4.49. The molecule has 0 aromatic carbocycles. The molecule has 0 saturated heterocycles. The van der Waals surface area contributed by atoms with E-state index in [9.17, 15) is 9.90 Å². The molecule has 6 nitrogen and oxygen atoms in total. The van der Waals surface area contributed by atoms with Crippen molar-refractivity contribution in [2.24, 2.45) is 0 Å².